The molecule has 4 nitrogen and oxygen atoms in total. The molecule has 0 bridgehead atoms. The van der Waals surface area contributed by atoms with Gasteiger partial charge in [-0.15, -0.1) is 0 Å². The molecule has 0 aromatic heterocycles. The summed E-state index contributed by atoms with van der Waals surface area (Å²) in [4.78, 5) is 16.3. The molecule has 1 N–H and O–H groups in total. The maximum Gasteiger partial charge on any atom is 0.159 e. The van der Waals surface area contributed by atoms with E-state index < -0.39 is 0 Å². The first-order valence-electron chi connectivity index (χ1n) is 7.57. The zero-order valence-electron chi connectivity index (χ0n) is 13.5. The van der Waals surface area contributed by atoms with Crippen LogP contribution in [0.5, 0.6) is 5.75 Å². The standard InChI is InChI=1S/C17H26N2O2/c1-13(20)14-5-6-16(21)15(11-14)12-18-7-9-19(10-8-18)17(2,3)4/h5-6,11,21H,7-10,12H2,1-4H3. The molecule has 21 heavy (non-hydrogen) atoms. The van der Waals surface area contributed by atoms with Crippen LogP contribution in [-0.4, -0.2) is 52.4 Å². The fourth-order valence-corrected chi connectivity index (χ4v) is 2.75. The quantitative estimate of drug-likeness (QED) is 0.869. The third-order valence-corrected chi connectivity index (χ3v) is 4.20. The highest BCUT2D eigenvalue weighted by Crippen LogP contribution is 2.22. The molecule has 2 rings (SSSR count). The Hall–Kier alpha value is -1.39. The lowest BCUT2D eigenvalue weighted by molar-refractivity contribution is 0.0587. The Morgan fingerprint density at radius 2 is 1.81 bits per heavy atom. The molecule has 1 saturated heterocycles. The van der Waals surface area contributed by atoms with Gasteiger partial charge in [0.1, 0.15) is 5.75 Å². The van der Waals surface area contributed by atoms with Crippen molar-refractivity contribution in [3.8, 4) is 5.75 Å². The van der Waals surface area contributed by atoms with Crippen LogP contribution < -0.4 is 0 Å². The average Bonchev–Trinajstić information content (AvgIpc) is 2.40. The largest absolute Gasteiger partial charge is 0.508 e. The van der Waals surface area contributed by atoms with Gasteiger partial charge in [-0.25, -0.2) is 0 Å². The van der Waals surface area contributed by atoms with Crippen molar-refractivity contribution in [1.82, 2.24) is 9.80 Å². The molecule has 1 aliphatic rings. The molecule has 0 atom stereocenters. The van der Waals surface area contributed by atoms with Gasteiger partial charge in [-0.05, 0) is 45.9 Å². The van der Waals surface area contributed by atoms with Crippen LogP contribution in [0.2, 0.25) is 0 Å². The minimum absolute atomic E-state index is 0.0359. The Kier molecular flexibility index (Phi) is 4.69. The van der Waals surface area contributed by atoms with Gasteiger partial charge in [0.25, 0.3) is 0 Å². The number of aromatic hydroxyl groups is 1. The number of rotatable bonds is 3. The summed E-state index contributed by atoms with van der Waals surface area (Å²) in [5.41, 5.74) is 1.71. The van der Waals surface area contributed by atoms with Crippen LogP contribution in [-0.2, 0) is 6.54 Å². The minimum atomic E-state index is 0.0359. The van der Waals surface area contributed by atoms with E-state index in [9.17, 15) is 9.90 Å². The summed E-state index contributed by atoms with van der Waals surface area (Å²) in [6.45, 7) is 13.0. The Morgan fingerprint density at radius 1 is 1.19 bits per heavy atom. The first-order valence-corrected chi connectivity index (χ1v) is 7.57. The molecule has 1 fully saturated rings. The average molecular weight is 290 g/mol. The number of piperazine rings is 1. The highest BCUT2D eigenvalue weighted by molar-refractivity contribution is 5.94. The predicted octanol–water partition coefficient (Wildman–Crippen LogP) is 2.51. The van der Waals surface area contributed by atoms with Crippen molar-refractivity contribution in [2.45, 2.75) is 39.8 Å². The number of hydrogen-bond acceptors (Lipinski definition) is 4. The number of phenolic OH excluding ortho intramolecular Hbond substituents is 1. The molecule has 1 aromatic carbocycles. The van der Waals surface area contributed by atoms with E-state index in [4.69, 9.17) is 0 Å². The van der Waals surface area contributed by atoms with Crippen LogP contribution in [0.1, 0.15) is 43.6 Å². The molecule has 4 heteroatoms. The number of Topliss-reactive ketones (excluding diaryl/α,β-unsaturated/α-hetero) is 1. The summed E-state index contributed by atoms with van der Waals surface area (Å²) < 4.78 is 0. The number of phenols is 1. The van der Waals surface area contributed by atoms with Gasteiger partial charge in [0.05, 0.1) is 0 Å². The fourth-order valence-electron chi connectivity index (χ4n) is 2.75. The van der Waals surface area contributed by atoms with Crippen LogP contribution in [0.25, 0.3) is 0 Å². The van der Waals surface area contributed by atoms with E-state index in [2.05, 4.69) is 30.6 Å². The van der Waals surface area contributed by atoms with Crippen LogP contribution in [0.15, 0.2) is 18.2 Å². The van der Waals surface area contributed by atoms with Crippen molar-refractivity contribution in [3.05, 3.63) is 29.3 Å². The highest BCUT2D eigenvalue weighted by atomic mass is 16.3. The molecule has 0 unspecified atom stereocenters. The van der Waals surface area contributed by atoms with Gasteiger partial charge in [0.2, 0.25) is 0 Å². The van der Waals surface area contributed by atoms with Gasteiger partial charge in [-0.3, -0.25) is 14.6 Å². The number of hydrogen-bond donors (Lipinski definition) is 1. The van der Waals surface area contributed by atoms with Crippen molar-refractivity contribution in [2.75, 3.05) is 26.2 Å². The molecule has 0 aliphatic carbocycles. The molecular weight excluding hydrogens is 264 g/mol. The monoisotopic (exact) mass is 290 g/mol. The maximum absolute atomic E-state index is 11.5. The van der Waals surface area contributed by atoms with E-state index in [-0.39, 0.29) is 17.1 Å². The van der Waals surface area contributed by atoms with E-state index in [1.54, 1.807) is 19.1 Å². The summed E-state index contributed by atoms with van der Waals surface area (Å²) >= 11 is 0. The van der Waals surface area contributed by atoms with Gasteiger partial charge in [0.15, 0.2) is 5.78 Å². The van der Waals surface area contributed by atoms with E-state index in [1.165, 1.54) is 0 Å². The third-order valence-electron chi connectivity index (χ3n) is 4.20. The summed E-state index contributed by atoms with van der Waals surface area (Å²) in [7, 11) is 0. The van der Waals surface area contributed by atoms with Gasteiger partial charge >= 0.3 is 0 Å². The van der Waals surface area contributed by atoms with E-state index >= 15 is 0 Å². The lowest BCUT2D eigenvalue weighted by Crippen LogP contribution is -2.53. The summed E-state index contributed by atoms with van der Waals surface area (Å²) in [6.07, 6.45) is 0. The fraction of sp³-hybridized carbons (Fsp3) is 0.588. The number of benzene rings is 1. The molecule has 0 spiro atoms. The van der Waals surface area contributed by atoms with Crippen molar-refractivity contribution >= 4 is 5.78 Å². The zero-order chi connectivity index (χ0) is 15.6. The van der Waals surface area contributed by atoms with E-state index in [1.807, 2.05) is 6.07 Å². The van der Waals surface area contributed by atoms with Gasteiger partial charge in [0, 0.05) is 49.4 Å². The summed E-state index contributed by atoms with van der Waals surface area (Å²) in [5.74, 6) is 0.312. The Morgan fingerprint density at radius 3 is 2.33 bits per heavy atom. The molecular formula is C17H26N2O2. The van der Waals surface area contributed by atoms with Crippen molar-refractivity contribution in [1.29, 1.82) is 0 Å². The lowest BCUT2D eigenvalue weighted by atomic mass is 10.0. The highest BCUT2D eigenvalue weighted by Gasteiger charge is 2.26. The smallest absolute Gasteiger partial charge is 0.159 e. The van der Waals surface area contributed by atoms with Gasteiger partial charge in [-0.1, -0.05) is 0 Å². The first kappa shape index (κ1) is 16.0. The molecule has 116 valence electrons. The number of carbonyl (C=O) groups is 1. The van der Waals surface area contributed by atoms with Gasteiger partial charge < -0.3 is 5.11 Å². The summed E-state index contributed by atoms with van der Waals surface area (Å²) in [6, 6.07) is 5.12. The van der Waals surface area contributed by atoms with E-state index in [0.717, 1.165) is 31.7 Å². The van der Waals surface area contributed by atoms with Crippen LogP contribution in [0.4, 0.5) is 0 Å². The second-order valence-electron chi connectivity index (χ2n) is 6.83. The zero-order valence-corrected chi connectivity index (χ0v) is 13.5. The Balaban J connectivity index is 2.01. The number of ketones is 1. The molecule has 1 aliphatic heterocycles. The predicted molar refractivity (Wildman–Crippen MR) is 84.7 cm³/mol. The molecule has 1 heterocycles. The minimum Gasteiger partial charge on any atom is -0.508 e. The number of nitrogens with zero attached hydrogens (tertiary/aromatic N) is 2. The first-order chi connectivity index (χ1) is 9.77. The Bertz CT molecular complexity index is 512. The van der Waals surface area contributed by atoms with Crippen molar-refractivity contribution in [2.24, 2.45) is 0 Å². The molecule has 1 aromatic rings. The SMILES string of the molecule is CC(=O)c1ccc(O)c(CN2CCN(C(C)(C)C)CC2)c1. The summed E-state index contributed by atoms with van der Waals surface area (Å²) in [5, 5.41) is 9.98. The topological polar surface area (TPSA) is 43.8 Å². The molecule has 0 radical (unpaired) electrons. The van der Waals surface area contributed by atoms with E-state index in [0.29, 0.717) is 12.1 Å². The lowest BCUT2D eigenvalue weighted by Gasteiger charge is -2.42. The second kappa shape index (κ2) is 6.16. The molecule has 0 amide bonds. The second-order valence-corrected chi connectivity index (χ2v) is 6.83. The normalized spacial score (nSPS) is 17.9. The van der Waals surface area contributed by atoms with Crippen LogP contribution in [0.3, 0.4) is 0 Å². The van der Waals surface area contributed by atoms with Crippen LogP contribution in [0, 0.1) is 0 Å². The Labute approximate surface area is 127 Å². The number of carbonyl (C=O) groups excluding carboxylic acids is 1. The van der Waals surface area contributed by atoms with Crippen LogP contribution >= 0.6 is 0 Å². The molecule has 0 saturated carbocycles. The third kappa shape index (κ3) is 4.05. The maximum atomic E-state index is 11.5. The van der Waals surface area contributed by atoms with Gasteiger partial charge in [-0.2, -0.15) is 0 Å². The van der Waals surface area contributed by atoms with Crippen molar-refractivity contribution < 1.29 is 9.90 Å². The van der Waals surface area contributed by atoms with Crippen molar-refractivity contribution in [3.63, 3.8) is 0 Å².